The molecule has 1 aromatic rings. The summed E-state index contributed by atoms with van der Waals surface area (Å²) in [4.78, 5) is 11.9. The lowest BCUT2D eigenvalue weighted by atomic mass is 9.99. The normalized spacial score (nSPS) is 32.7. The smallest absolute Gasteiger partial charge is 0.340 e. The van der Waals surface area contributed by atoms with Crippen LogP contribution in [0.1, 0.15) is 10.4 Å². The molecule has 0 aromatic heterocycles. The molecule has 21 heavy (non-hydrogen) atoms. The van der Waals surface area contributed by atoms with Crippen LogP contribution in [0.15, 0.2) is 24.3 Å². The Kier molecular flexibility index (Phi) is 4.76. The third kappa shape index (κ3) is 3.31. The summed E-state index contributed by atoms with van der Waals surface area (Å²) in [5, 5.41) is 47.0. The average molecular weight is 300 g/mol. The zero-order valence-corrected chi connectivity index (χ0v) is 10.9. The van der Waals surface area contributed by atoms with E-state index in [0.717, 1.165) is 0 Å². The quantitative estimate of drug-likeness (QED) is 0.419. The van der Waals surface area contributed by atoms with Gasteiger partial charge < -0.3 is 35.0 Å². The Morgan fingerprint density at radius 2 is 1.71 bits per heavy atom. The van der Waals surface area contributed by atoms with Crippen LogP contribution in [0, 0.1) is 0 Å². The minimum Gasteiger partial charge on any atom is -0.508 e. The van der Waals surface area contributed by atoms with Gasteiger partial charge in [0.15, 0.2) is 0 Å². The van der Waals surface area contributed by atoms with E-state index in [2.05, 4.69) is 0 Å². The number of aromatic hydroxyl groups is 1. The summed E-state index contributed by atoms with van der Waals surface area (Å²) in [6.07, 6.45) is -7.46. The number of benzene rings is 1. The van der Waals surface area contributed by atoms with Gasteiger partial charge in [0.1, 0.15) is 30.2 Å². The van der Waals surface area contributed by atoms with Crippen molar-refractivity contribution in [2.75, 3.05) is 6.61 Å². The highest BCUT2D eigenvalue weighted by atomic mass is 16.7. The highest BCUT2D eigenvalue weighted by molar-refractivity contribution is 5.89. The van der Waals surface area contributed by atoms with Crippen molar-refractivity contribution in [2.24, 2.45) is 0 Å². The summed E-state index contributed by atoms with van der Waals surface area (Å²) in [6, 6.07) is 5.18. The number of rotatable bonds is 3. The van der Waals surface area contributed by atoms with Crippen LogP contribution in [-0.4, -0.2) is 68.8 Å². The first-order valence-corrected chi connectivity index (χ1v) is 6.24. The van der Waals surface area contributed by atoms with Crippen molar-refractivity contribution in [3.63, 3.8) is 0 Å². The van der Waals surface area contributed by atoms with Crippen LogP contribution >= 0.6 is 0 Å². The second kappa shape index (κ2) is 6.37. The Labute approximate surface area is 119 Å². The molecule has 8 nitrogen and oxygen atoms in total. The molecular formula is C13H16O8. The van der Waals surface area contributed by atoms with Gasteiger partial charge in [0, 0.05) is 0 Å². The summed E-state index contributed by atoms with van der Waals surface area (Å²) in [5.74, 6) is -0.876. The van der Waals surface area contributed by atoms with Gasteiger partial charge in [-0.2, -0.15) is 0 Å². The van der Waals surface area contributed by atoms with Crippen LogP contribution in [0.4, 0.5) is 0 Å². The lowest BCUT2D eigenvalue weighted by Gasteiger charge is -2.39. The fourth-order valence-corrected chi connectivity index (χ4v) is 1.94. The molecule has 2 rings (SSSR count). The Morgan fingerprint density at radius 3 is 2.29 bits per heavy atom. The number of aliphatic hydroxyl groups excluding tert-OH is 4. The number of carbonyl (C=O) groups excluding carboxylic acids is 1. The number of phenols is 1. The van der Waals surface area contributed by atoms with Gasteiger partial charge in [-0.15, -0.1) is 0 Å². The Bertz CT molecular complexity index is 485. The fourth-order valence-electron chi connectivity index (χ4n) is 1.94. The van der Waals surface area contributed by atoms with Gasteiger partial charge in [-0.05, 0) is 24.3 Å². The number of aliphatic hydroxyl groups is 4. The average Bonchev–Trinajstić information content (AvgIpc) is 2.48. The lowest BCUT2D eigenvalue weighted by Crippen LogP contribution is -2.59. The number of ether oxygens (including phenoxy) is 2. The molecule has 116 valence electrons. The zero-order chi connectivity index (χ0) is 15.6. The maximum Gasteiger partial charge on any atom is 0.340 e. The first-order chi connectivity index (χ1) is 9.93. The van der Waals surface area contributed by atoms with Gasteiger partial charge in [-0.3, -0.25) is 0 Å². The van der Waals surface area contributed by atoms with Gasteiger partial charge >= 0.3 is 5.97 Å². The molecule has 1 aliphatic heterocycles. The number of phenolic OH excluding ortho intramolecular Hbond substituents is 1. The van der Waals surface area contributed by atoms with E-state index in [0.29, 0.717) is 0 Å². The third-order valence-electron chi connectivity index (χ3n) is 3.17. The van der Waals surface area contributed by atoms with Crippen molar-refractivity contribution >= 4 is 5.97 Å². The summed E-state index contributed by atoms with van der Waals surface area (Å²) in [7, 11) is 0. The molecular weight excluding hydrogens is 284 g/mol. The molecule has 8 heteroatoms. The van der Waals surface area contributed by atoms with E-state index in [1.54, 1.807) is 0 Å². The first kappa shape index (κ1) is 15.7. The predicted octanol–water partition coefficient (Wildman–Crippen LogP) is -1.65. The van der Waals surface area contributed by atoms with E-state index in [9.17, 15) is 20.1 Å². The number of hydrogen-bond acceptors (Lipinski definition) is 8. The highest BCUT2D eigenvalue weighted by Gasteiger charge is 2.45. The van der Waals surface area contributed by atoms with Crippen LogP contribution in [-0.2, 0) is 9.47 Å². The van der Waals surface area contributed by atoms with Crippen LogP contribution < -0.4 is 0 Å². The molecule has 1 heterocycles. The number of hydrogen-bond donors (Lipinski definition) is 5. The standard InChI is InChI=1S/C13H16O8/c14-5-8-9(16)10(17)11(18)13(20-8)21-12(19)6-1-3-7(15)4-2-6/h1-4,8-11,13-18H,5H2/t8-,9+,10+,11-,13+/m1/s1. The van der Waals surface area contributed by atoms with Gasteiger partial charge in [-0.25, -0.2) is 4.79 Å². The highest BCUT2D eigenvalue weighted by Crippen LogP contribution is 2.23. The van der Waals surface area contributed by atoms with Gasteiger partial charge in [0.25, 0.3) is 0 Å². The fraction of sp³-hybridized carbons (Fsp3) is 0.462. The molecule has 0 saturated carbocycles. The SMILES string of the molecule is O=C(O[C@@H]1O[C@H](CO)[C@H](O)[C@H](O)[C@H]1O)c1ccc(O)cc1. The molecule has 5 atom stereocenters. The van der Waals surface area contributed by atoms with Gasteiger partial charge in [-0.1, -0.05) is 0 Å². The minimum absolute atomic E-state index is 0.0283. The van der Waals surface area contributed by atoms with Crippen molar-refractivity contribution in [2.45, 2.75) is 30.7 Å². The molecule has 0 unspecified atom stereocenters. The molecule has 1 aliphatic rings. The number of esters is 1. The van der Waals surface area contributed by atoms with Crippen molar-refractivity contribution in [1.29, 1.82) is 0 Å². The van der Waals surface area contributed by atoms with Gasteiger partial charge in [0.05, 0.1) is 12.2 Å². The topological polar surface area (TPSA) is 137 Å². The molecule has 0 spiro atoms. The summed E-state index contributed by atoms with van der Waals surface area (Å²) >= 11 is 0. The van der Waals surface area contributed by atoms with Crippen LogP contribution in [0.5, 0.6) is 5.75 Å². The minimum atomic E-state index is -1.65. The zero-order valence-electron chi connectivity index (χ0n) is 10.9. The number of carbonyl (C=O) groups is 1. The maximum absolute atomic E-state index is 11.9. The van der Waals surface area contributed by atoms with Crippen LogP contribution in [0.25, 0.3) is 0 Å². The Balaban J connectivity index is 2.07. The maximum atomic E-state index is 11.9. The largest absolute Gasteiger partial charge is 0.508 e. The van der Waals surface area contributed by atoms with E-state index in [1.807, 2.05) is 0 Å². The summed E-state index contributed by atoms with van der Waals surface area (Å²) < 4.78 is 9.95. The molecule has 0 bridgehead atoms. The van der Waals surface area contributed by atoms with E-state index >= 15 is 0 Å². The third-order valence-corrected chi connectivity index (χ3v) is 3.17. The van der Waals surface area contributed by atoms with Crippen molar-refractivity contribution in [1.82, 2.24) is 0 Å². The second-order valence-corrected chi connectivity index (χ2v) is 4.65. The van der Waals surface area contributed by atoms with Crippen LogP contribution in [0.2, 0.25) is 0 Å². The van der Waals surface area contributed by atoms with E-state index in [4.69, 9.17) is 19.7 Å². The molecule has 0 radical (unpaired) electrons. The molecule has 1 aromatic carbocycles. The monoisotopic (exact) mass is 300 g/mol. The molecule has 0 aliphatic carbocycles. The van der Waals surface area contributed by atoms with E-state index in [1.165, 1.54) is 24.3 Å². The first-order valence-electron chi connectivity index (χ1n) is 6.24. The summed E-state index contributed by atoms with van der Waals surface area (Å²) in [5.41, 5.74) is 0.102. The molecule has 1 saturated heterocycles. The Hall–Kier alpha value is -1.71. The predicted molar refractivity (Wildman–Crippen MR) is 67.3 cm³/mol. The van der Waals surface area contributed by atoms with Crippen LogP contribution in [0.3, 0.4) is 0 Å². The van der Waals surface area contributed by atoms with E-state index in [-0.39, 0.29) is 11.3 Å². The summed E-state index contributed by atoms with van der Waals surface area (Å²) in [6.45, 7) is -0.613. The van der Waals surface area contributed by atoms with E-state index < -0.39 is 43.3 Å². The lowest BCUT2D eigenvalue weighted by molar-refractivity contribution is -0.285. The van der Waals surface area contributed by atoms with Crippen molar-refractivity contribution in [3.8, 4) is 5.75 Å². The molecule has 5 N–H and O–H groups in total. The molecule has 1 fully saturated rings. The second-order valence-electron chi connectivity index (χ2n) is 4.65. The van der Waals surface area contributed by atoms with Crippen molar-refractivity contribution in [3.05, 3.63) is 29.8 Å². The van der Waals surface area contributed by atoms with Gasteiger partial charge in [0.2, 0.25) is 6.29 Å². The Morgan fingerprint density at radius 1 is 1.10 bits per heavy atom. The molecule has 0 amide bonds. The van der Waals surface area contributed by atoms with Crippen molar-refractivity contribution < 1.29 is 39.8 Å².